The Balaban J connectivity index is 2.26. The fourth-order valence-corrected chi connectivity index (χ4v) is 2.14. The van der Waals surface area contributed by atoms with E-state index >= 15 is 0 Å². The van der Waals surface area contributed by atoms with E-state index in [1.54, 1.807) is 32.0 Å². The van der Waals surface area contributed by atoms with E-state index < -0.39 is 5.97 Å². The molecule has 2 N–H and O–H groups in total. The molecule has 0 saturated heterocycles. The molecule has 1 heterocycles. The summed E-state index contributed by atoms with van der Waals surface area (Å²) in [5.74, 6) is 0.159. The van der Waals surface area contributed by atoms with Gasteiger partial charge in [0.05, 0.1) is 11.1 Å². The maximum Gasteiger partial charge on any atom is 0.336 e. The smallest absolute Gasteiger partial charge is 0.336 e. The summed E-state index contributed by atoms with van der Waals surface area (Å²) in [6.45, 7) is 7.42. The number of nitrogens with one attached hydrogen (secondary N) is 1. The molecule has 0 aliphatic heterocycles. The summed E-state index contributed by atoms with van der Waals surface area (Å²) in [7, 11) is 0. The fourth-order valence-electron chi connectivity index (χ4n) is 2.14. The van der Waals surface area contributed by atoms with Crippen LogP contribution in [0.1, 0.15) is 57.6 Å². The SMILES string of the molecule is Cc1ccc(NC(=O)c2cc(C(C)C)oc2C)cc1C(=O)O. The average Bonchev–Trinajstić information content (AvgIpc) is 2.83. The van der Waals surface area contributed by atoms with Gasteiger partial charge in [-0.2, -0.15) is 0 Å². The Labute approximate surface area is 129 Å². The second-order valence-electron chi connectivity index (χ2n) is 5.56. The van der Waals surface area contributed by atoms with Gasteiger partial charge in [-0.05, 0) is 37.6 Å². The molecule has 0 atom stereocenters. The van der Waals surface area contributed by atoms with E-state index in [1.807, 2.05) is 13.8 Å². The number of aromatic carboxylic acids is 1. The molecule has 0 aliphatic carbocycles. The Morgan fingerprint density at radius 3 is 2.36 bits per heavy atom. The van der Waals surface area contributed by atoms with Crippen molar-refractivity contribution in [3.63, 3.8) is 0 Å². The number of carbonyl (C=O) groups excluding carboxylic acids is 1. The predicted molar refractivity (Wildman–Crippen MR) is 83.6 cm³/mol. The molecule has 0 fully saturated rings. The number of furan rings is 1. The first kappa shape index (κ1) is 15.8. The summed E-state index contributed by atoms with van der Waals surface area (Å²) >= 11 is 0. The minimum Gasteiger partial charge on any atom is -0.478 e. The van der Waals surface area contributed by atoms with Crippen LogP contribution in [0.4, 0.5) is 5.69 Å². The van der Waals surface area contributed by atoms with Crippen molar-refractivity contribution in [2.24, 2.45) is 0 Å². The lowest BCUT2D eigenvalue weighted by Crippen LogP contribution is -2.13. The summed E-state index contributed by atoms with van der Waals surface area (Å²) < 4.78 is 5.56. The molecular formula is C17H19NO4. The van der Waals surface area contributed by atoms with Crippen LogP contribution in [-0.2, 0) is 0 Å². The molecule has 1 aromatic heterocycles. The standard InChI is InChI=1S/C17H19NO4/c1-9(2)15-8-14(11(4)22-15)16(19)18-12-6-5-10(3)13(7-12)17(20)21/h5-9H,1-4H3,(H,18,19)(H,20,21). The first-order chi connectivity index (χ1) is 10.3. The molecule has 0 spiro atoms. The van der Waals surface area contributed by atoms with Gasteiger partial charge in [0.2, 0.25) is 0 Å². The van der Waals surface area contributed by atoms with E-state index in [2.05, 4.69) is 5.32 Å². The predicted octanol–water partition coefficient (Wildman–Crippen LogP) is 3.97. The molecule has 0 aliphatic rings. The lowest BCUT2D eigenvalue weighted by molar-refractivity contribution is 0.0695. The fraction of sp³-hybridized carbons (Fsp3) is 0.294. The molecule has 5 heteroatoms. The zero-order chi connectivity index (χ0) is 16.4. The molecule has 2 aromatic rings. The van der Waals surface area contributed by atoms with Crippen LogP contribution < -0.4 is 5.32 Å². The number of rotatable bonds is 4. The summed E-state index contributed by atoms with van der Waals surface area (Å²) in [6.07, 6.45) is 0. The van der Waals surface area contributed by atoms with Crippen LogP contribution in [0.2, 0.25) is 0 Å². The Morgan fingerprint density at radius 2 is 1.82 bits per heavy atom. The average molecular weight is 301 g/mol. The number of carbonyl (C=O) groups is 2. The molecule has 0 bridgehead atoms. The Bertz CT molecular complexity index is 728. The van der Waals surface area contributed by atoms with Gasteiger partial charge in [-0.15, -0.1) is 0 Å². The normalized spacial score (nSPS) is 10.8. The van der Waals surface area contributed by atoms with Crippen LogP contribution in [0, 0.1) is 13.8 Å². The van der Waals surface area contributed by atoms with E-state index in [0.29, 0.717) is 22.6 Å². The van der Waals surface area contributed by atoms with E-state index in [0.717, 1.165) is 5.76 Å². The van der Waals surface area contributed by atoms with Crippen molar-refractivity contribution in [2.75, 3.05) is 5.32 Å². The Kier molecular flexibility index (Phi) is 4.35. The summed E-state index contributed by atoms with van der Waals surface area (Å²) in [4.78, 5) is 23.5. The minimum absolute atomic E-state index is 0.171. The van der Waals surface area contributed by atoms with Crippen molar-refractivity contribution in [3.8, 4) is 0 Å². The highest BCUT2D eigenvalue weighted by molar-refractivity contribution is 6.05. The lowest BCUT2D eigenvalue weighted by atomic mass is 10.1. The van der Waals surface area contributed by atoms with Crippen molar-refractivity contribution in [3.05, 3.63) is 52.5 Å². The lowest BCUT2D eigenvalue weighted by Gasteiger charge is -2.07. The highest BCUT2D eigenvalue weighted by Crippen LogP contribution is 2.23. The molecule has 0 saturated carbocycles. The zero-order valence-corrected chi connectivity index (χ0v) is 13.1. The summed E-state index contributed by atoms with van der Waals surface area (Å²) in [5.41, 5.74) is 1.72. The maximum absolute atomic E-state index is 12.3. The molecule has 5 nitrogen and oxygen atoms in total. The largest absolute Gasteiger partial charge is 0.478 e. The zero-order valence-electron chi connectivity index (χ0n) is 13.1. The number of anilines is 1. The van der Waals surface area contributed by atoms with Gasteiger partial charge in [-0.3, -0.25) is 4.79 Å². The Morgan fingerprint density at radius 1 is 1.14 bits per heavy atom. The van der Waals surface area contributed by atoms with Gasteiger partial charge < -0.3 is 14.8 Å². The second-order valence-corrected chi connectivity index (χ2v) is 5.56. The van der Waals surface area contributed by atoms with Gasteiger partial charge >= 0.3 is 5.97 Å². The molecule has 1 aromatic carbocycles. The van der Waals surface area contributed by atoms with Gasteiger partial charge in [0.1, 0.15) is 11.5 Å². The van der Waals surface area contributed by atoms with Crippen molar-refractivity contribution in [1.82, 2.24) is 0 Å². The van der Waals surface area contributed by atoms with Crippen LogP contribution in [0.5, 0.6) is 0 Å². The quantitative estimate of drug-likeness (QED) is 0.895. The molecule has 116 valence electrons. The van der Waals surface area contributed by atoms with Gasteiger partial charge in [0, 0.05) is 11.6 Å². The highest BCUT2D eigenvalue weighted by atomic mass is 16.4. The number of hydrogen-bond donors (Lipinski definition) is 2. The highest BCUT2D eigenvalue weighted by Gasteiger charge is 2.17. The molecule has 0 radical (unpaired) electrons. The number of aryl methyl sites for hydroxylation is 2. The molecule has 22 heavy (non-hydrogen) atoms. The minimum atomic E-state index is -1.02. The third-order valence-corrected chi connectivity index (χ3v) is 3.48. The number of benzene rings is 1. The summed E-state index contributed by atoms with van der Waals surface area (Å²) in [6, 6.07) is 6.52. The topological polar surface area (TPSA) is 79.5 Å². The van der Waals surface area contributed by atoms with E-state index in [4.69, 9.17) is 9.52 Å². The third kappa shape index (κ3) is 3.19. The number of carboxylic acid groups (broad SMARTS) is 1. The van der Waals surface area contributed by atoms with Crippen LogP contribution >= 0.6 is 0 Å². The van der Waals surface area contributed by atoms with Crippen LogP contribution in [0.15, 0.2) is 28.7 Å². The van der Waals surface area contributed by atoms with Gasteiger partial charge in [-0.1, -0.05) is 19.9 Å². The van der Waals surface area contributed by atoms with Gasteiger partial charge in [-0.25, -0.2) is 4.79 Å². The molecule has 2 rings (SSSR count). The van der Waals surface area contributed by atoms with E-state index in [9.17, 15) is 9.59 Å². The van der Waals surface area contributed by atoms with E-state index in [-0.39, 0.29) is 17.4 Å². The van der Waals surface area contributed by atoms with E-state index in [1.165, 1.54) is 6.07 Å². The number of hydrogen-bond acceptors (Lipinski definition) is 3. The van der Waals surface area contributed by atoms with Gasteiger partial charge in [0.15, 0.2) is 0 Å². The van der Waals surface area contributed by atoms with Crippen molar-refractivity contribution < 1.29 is 19.1 Å². The van der Waals surface area contributed by atoms with Crippen molar-refractivity contribution in [2.45, 2.75) is 33.6 Å². The van der Waals surface area contributed by atoms with Crippen molar-refractivity contribution >= 4 is 17.6 Å². The Hall–Kier alpha value is -2.56. The monoisotopic (exact) mass is 301 g/mol. The van der Waals surface area contributed by atoms with Crippen LogP contribution in [-0.4, -0.2) is 17.0 Å². The van der Waals surface area contributed by atoms with Gasteiger partial charge in [0.25, 0.3) is 5.91 Å². The molecular weight excluding hydrogens is 282 g/mol. The maximum atomic E-state index is 12.3. The number of carboxylic acids is 1. The van der Waals surface area contributed by atoms with Crippen LogP contribution in [0.25, 0.3) is 0 Å². The molecule has 1 amide bonds. The van der Waals surface area contributed by atoms with Crippen molar-refractivity contribution in [1.29, 1.82) is 0 Å². The number of amides is 1. The summed E-state index contributed by atoms with van der Waals surface area (Å²) in [5, 5.41) is 11.8. The molecule has 0 unspecified atom stereocenters. The third-order valence-electron chi connectivity index (χ3n) is 3.48. The second kappa shape index (κ2) is 6.05. The van der Waals surface area contributed by atoms with Crippen LogP contribution in [0.3, 0.4) is 0 Å². The first-order valence-corrected chi connectivity index (χ1v) is 7.05. The first-order valence-electron chi connectivity index (χ1n) is 7.05.